The van der Waals surface area contributed by atoms with Gasteiger partial charge in [-0.1, -0.05) is 19.8 Å². The lowest BCUT2D eigenvalue weighted by Crippen LogP contribution is -2.16. The lowest BCUT2D eigenvalue weighted by Gasteiger charge is -2.19. The molecule has 11 heavy (non-hydrogen) atoms. The predicted octanol–water partition coefficient (Wildman–Crippen LogP) is 2.40. The molecule has 3 unspecified atom stereocenters. The van der Waals surface area contributed by atoms with E-state index >= 15 is 0 Å². The average molecular weight is 152 g/mol. The van der Waals surface area contributed by atoms with E-state index < -0.39 is 0 Å². The summed E-state index contributed by atoms with van der Waals surface area (Å²) >= 11 is 0. The molecule has 2 fully saturated rings. The Morgan fingerprint density at radius 1 is 1.45 bits per heavy atom. The van der Waals surface area contributed by atoms with Gasteiger partial charge in [0, 0.05) is 12.3 Å². The maximum atomic E-state index is 11.2. The van der Waals surface area contributed by atoms with Crippen LogP contribution in [-0.2, 0) is 4.79 Å². The van der Waals surface area contributed by atoms with E-state index in [1.54, 1.807) is 0 Å². The Bertz CT molecular complexity index is 174. The Balaban J connectivity index is 1.97. The molecule has 0 spiro atoms. The minimum atomic E-state index is 0.483. The van der Waals surface area contributed by atoms with Crippen LogP contribution in [0.15, 0.2) is 0 Å². The third-order valence-electron chi connectivity index (χ3n) is 3.42. The molecule has 1 nitrogen and oxygen atoms in total. The Morgan fingerprint density at radius 3 is 2.73 bits per heavy atom. The first-order valence-corrected chi connectivity index (χ1v) is 4.84. The maximum absolute atomic E-state index is 11.2. The van der Waals surface area contributed by atoms with Crippen LogP contribution in [0.4, 0.5) is 0 Å². The summed E-state index contributed by atoms with van der Waals surface area (Å²) in [6.07, 6.45) is 6.01. The van der Waals surface area contributed by atoms with E-state index in [4.69, 9.17) is 0 Å². The Kier molecular flexibility index (Phi) is 1.74. The standard InChI is InChI=1S/C10H16O/c1-2-3-7-4-9-5-8(7)6-10(9)11/h7-9H,2-6H2,1H3. The summed E-state index contributed by atoms with van der Waals surface area (Å²) in [5, 5.41) is 0. The summed E-state index contributed by atoms with van der Waals surface area (Å²) in [6.45, 7) is 2.24. The highest BCUT2D eigenvalue weighted by atomic mass is 16.1. The van der Waals surface area contributed by atoms with Gasteiger partial charge < -0.3 is 0 Å². The molecule has 3 atom stereocenters. The van der Waals surface area contributed by atoms with Crippen LogP contribution in [0.3, 0.4) is 0 Å². The molecule has 1 heteroatoms. The molecular weight excluding hydrogens is 136 g/mol. The van der Waals surface area contributed by atoms with Gasteiger partial charge in [0.05, 0.1) is 0 Å². The highest BCUT2D eigenvalue weighted by Crippen LogP contribution is 2.47. The van der Waals surface area contributed by atoms with Crippen molar-refractivity contribution in [3.63, 3.8) is 0 Å². The van der Waals surface area contributed by atoms with Gasteiger partial charge >= 0.3 is 0 Å². The van der Waals surface area contributed by atoms with E-state index in [2.05, 4.69) is 6.92 Å². The first-order chi connectivity index (χ1) is 5.31. The molecule has 0 amide bonds. The molecule has 0 radical (unpaired) electrons. The number of carbonyl (C=O) groups is 1. The smallest absolute Gasteiger partial charge is 0.136 e. The first kappa shape index (κ1) is 7.33. The number of rotatable bonds is 2. The Labute approximate surface area is 68.2 Å². The van der Waals surface area contributed by atoms with Crippen molar-refractivity contribution in [2.45, 2.75) is 39.0 Å². The molecule has 0 aromatic carbocycles. The second-order valence-electron chi connectivity index (χ2n) is 4.15. The van der Waals surface area contributed by atoms with Crippen LogP contribution >= 0.6 is 0 Å². The molecule has 2 rings (SSSR count). The molecule has 2 aliphatic carbocycles. The molecule has 0 aliphatic heterocycles. The third kappa shape index (κ3) is 1.11. The fourth-order valence-electron chi connectivity index (χ4n) is 2.87. The van der Waals surface area contributed by atoms with Crippen molar-refractivity contribution >= 4 is 5.78 Å². The Morgan fingerprint density at radius 2 is 2.27 bits per heavy atom. The third-order valence-corrected chi connectivity index (χ3v) is 3.42. The second kappa shape index (κ2) is 2.62. The van der Waals surface area contributed by atoms with Crippen molar-refractivity contribution in [2.75, 3.05) is 0 Å². The van der Waals surface area contributed by atoms with Crippen LogP contribution in [0.5, 0.6) is 0 Å². The normalized spacial score (nSPS) is 41.9. The number of fused-ring (bicyclic) bond motifs is 2. The molecule has 2 aliphatic rings. The summed E-state index contributed by atoms with van der Waals surface area (Å²) in [6, 6.07) is 0. The van der Waals surface area contributed by atoms with E-state index in [0.717, 1.165) is 18.3 Å². The van der Waals surface area contributed by atoms with Gasteiger partial charge in [-0.15, -0.1) is 0 Å². The van der Waals surface area contributed by atoms with E-state index in [1.165, 1.54) is 25.7 Å². The topological polar surface area (TPSA) is 17.1 Å². The second-order valence-corrected chi connectivity index (χ2v) is 4.15. The number of ketones is 1. The maximum Gasteiger partial charge on any atom is 0.136 e. The van der Waals surface area contributed by atoms with Gasteiger partial charge in [0.25, 0.3) is 0 Å². The summed E-state index contributed by atoms with van der Waals surface area (Å²) in [5.41, 5.74) is 0. The van der Waals surface area contributed by atoms with Gasteiger partial charge in [-0.25, -0.2) is 0 Å². The largest absolute Gasteiger partial charge is 0.299 e. The lowest BCUT2D eigenvalue weighted by atomic mass is 9.85. The van der Waals surface area contributed by atoms with Gasteiger partial charge in [-0.3, -0.25) is 4.79 Å². The van der Waals surface area contributed by atoms with Crippen LogP contribution in [0, 0.1) is 17.8 Å². The predicted molar refractivity (Wildman–Crippen MR) is 44.2 cm³/mol. The fraction of sp³-hybridized carbons (Fsp3) is 0.900. The van der Waals surface area contributed by atoms with Crippen molar-refractivity contribution in [1.29, 1.82) is 0 Å². The van der Waals surface area contributed by atoms with Crippen molar-refractivity contribution in [3.8, 4) is 0 Å². The molecule has 2 saturated carbocycles. The van der Waals surface area contributed by atoms with Crippen molar-refractivity contribution in [2.24, 2.45) is 17.8 Å². The van der Waals surface area contributed by atoms with E-state index in [0.29, 0.717) is 11.7 Å². The lowest BCUT2D eigenvalue weighted by molar-refractivity contribution is -0.122. The molecule has 0 saturated heterocycles. The van der Waals surface area contributed by atoms with Crippen molar-refractivity contribution in [3.05, 3.63) is 0 Å². The van der Waals surface area contributed by atoms with Crippen LogP contribution in [0.2, 0.25) is 0 Å². The van der Waals surface area contributed by atoms with E-state index in [1.807, 2.05) is 0 Å². The SMILES string of the molecule is CCCC1CC2CC1CC2=O. The molecule has 0 aromatic rings. The summed E-state index contributed by atoms with van der Waals surface area (Å²) in [5.74, 6) is 2.73. The zero-order chi connectivity index (χ0) is 7.84. The van der Waals surface area contributed by atoms with E-state index in [9.17, 15) is 4.79 Å². The van der Waals surface area contributed by atoms with Crippen molar-refractivity contribution in [1.82, 2.24) is 0 Å². The summed E-state index contributed by atoms with van der Waals surface area (Å²) < 4.78 is 0. The number of Topliss-reactive ketones (excluding diaryl/α,β-unsaturated/α-hetero) is 1. The van der Waals surface area contributed by atoms with Crippen LogP contribution in [-0.4, -0.2) is 5.78 Å². The zero-order valence-corrected chi connectivity index (χ0v) is 7.18. The first-order valence-electron chi connectivity index (χ1n) is 4.84. The Hall–Kier alpha value is -0.330. The quantitative estimate of drug-likeness (QED) is 0.593. The molecule has 0 N–H and O–H groups in total. The summed E-state index contributed by atoms with van der Waals surface area (Å²) in [7, 11) is 0. The number of carbonyl (C=O) groups excluding carboxylic acids is 1. The van der Waals surface area contributed by atoms with E-state index in [-0.39, 0.29) is 0 Å². The molecule has 62 valence electrons. The van der Waals surface area contributed by atoms with Crippen molar-refractivity contribution < 1.29 is 4.79 Å². The molecule has 0 heterocycles. The van der Waals surface area contributed by atoms with Gasteiger partial charge in [0.15, 0.2) is 0 Å². The number of hydrogen-bond acceptors (Lipinski definition) is 1. The fourth-order valence-corrected chi connectivity index (χ4v) is 2.87. The van der Waals surface area contributed by atoms with Crippen LogP contribution in [0.1, 0.15) is 39.0 Å². The molecule has 2 bridgehead atoms. The highest BCUT2D eigenvalue weighted by Gasteiger charge is 2.44. The minimum Gasteiger partial charge on any atom is -0.299 e. The highest BCUT2D eigenvalue weighted by molar-refractivity contribution is 5.84. The zero-order valence-electron chi connectivity index (χ0n) is 7.18. The summed E-state index contributed by atoms with van der Waals surface area (Å²) in [4.78, 5) is 11.2. The van der Waals surface area contributed by atoms with Crippen LogP contribution in [0.25, 0.3) is 0 Å². The van der Waals surface area contributed by atoms with Gasteiger partial charge in [0.2, 0.25) is 0 Å². The van der Waals surface area contributed by atoms with Gasteiger partial charge in [0.1, 0.15) is 5.78 Å². The van der Waals surface area contributed by atoms with Gasteiger partial charge in [-0.05, 0) is 24.7 Å². The number of hydrogen-bond donors (Lipinski definition) is 0. The molecule has 0 aromatic heterocycles. The van der Waals surface area contributed by atoms with Crippen LogP contribution < -0.4 is 0 Å². The minimum absolute atomic E-state index is 0.483. The molecular formula is C10H16O. The monoisotopic (exact) mass is 152 g/mol. The average Bonchev–Trinajstić information content (AvgIpc) is 2.47. The van der Waals surface area contributed by atoms with Gasteiger partial charge in [-0.2, -0.15) is 0 Å².